The second-order valence-corrected chi connectivity index (χ2v) is 14.6. The Bertz CT molecular complexity index is 941. The van der Waals surface area contributed by atoms with E-state index in [0.29, 0.717) is 18.8 Å². The molecule has 0 aliphatic heterocycles. The van der Waals surface area contributed by atoms with Gasteiger partial charge in [-0.1, -0.05) is 46.3 Å². The van der Waals surface area contributed by atoms with Gasteiger partial charge in [0.15, 0.2) is 0 Å². The lowest BCUT2D eigenvalue weighted by atomic mass is 9.33. The molecule has 35 heavy (non-hydrogen) atoms. The molecule has 4 N–H and O–H groups in total. The van der Waals surface area contributed by atoms with Crippen molar-refractivity contribution in [2.24, 2.45) is 50.7 Å². The van der Waals surface area contributed by atoms with E-state index in [-0.39, 0.29) is 40.6 Å². The maximum absolute atomic E-state index is 12.8. The Hall–Kier alpha value is -0.910. The molecule has 0 aromatic rings. The fourth-order valence-corrected chi connectivity index (χ4v) is 10.9. The molecule has 0 radical (unpaired) electrons. The van der Waals surface area contributed by atoms with Crippen LogP contribution in [0.4, 0.5) is 0 Å². The Balaban J connectivity index is 1.64. The van der Waals surface area contributed by atoms with Crippen molar-refractivity contribution in [2.75, 3.05) is 6.61 Å². The van der Waals surface area contributed by atoms with Crippen molar-refractivity contribution in [3.05, 3.63) is 11.6 Å². The van der Waals surface area contributed by atoms with Crippen LogP contribution in [0.3, 0.4) is 0 Å². The fourth-order valence-electron chi connectivity index (χ4n) is 10.9. The van der Waals surface area contributed by atoms with Crippen LogP contribution >= 0.6 is 0 Å². The Morgan fingerprint density at radius 2 is 1.66 bits per heavy atom. The highest BCUT2D eigenvalue weighted by atomic mass is 16.4. The molecule has 0 spiro atoms. The zero-order chi connectivity index (χ0) is 25.8. The number of aliphatic hydroxyl groups is 3. The van der Waals surface area contributed by atoms with E-state index in [0.717, 1.165) is 44.9 Å². The number of carboxylic acid groups (broad SMARTS) is 1. The van der Waals surface area contributed by atoms with E-state index >= 15 is 0 Å². The van der Waals surface area contributed by atoms with Crippen LogP contribution in [0.5, 0.6) is 0 Å². The molecule has 4 fully saturated rings. The average molecular weight is 489 g/mol. The lowest BCUT2D eigenvalue weighted by Gasteiger charge is -2.71. The molecular formula is C30H48O5. The van der Waals surface area contributed by atoms with Crippen molar-refractivity contribution in [1.29, 1.82) is 0 Å². The van der Waals surface area contributed by atoms with Gasteiger partial charge in [0.05, 0.1) is 23.7 Å². The first-order chi connectivity index (χ1) is 16.1. The van der Waals surface area contributed by atoms with E-state index in [1.807, 2.05) is 6.92 Å². The summed E-state index contributed by atoms with van der Waals surface area (Å²) in [6.07, 6.45) is 9.32. The van der Waals surface area contributed by atoms with Crippen LogP contribution in [0.25, 0.3) is 0 Å². The molecule has 5 aliphatic rings. The topological polar surface area (TPSA) is 98.0 Å². The van der Waals surface area contributed by atoms with Crippen LogP contribution in [-0.4, -0.2) is 44.7 Å². The fraction of sp³-hybridized carbons (Fsp3) is 0.900. The summed E-state index contributed by atoms with van der Waals surface area (Å²) >= 11 is 0. The first kappa shape index (κ1) is 25.7. The van der Waals surface area contributed by atoms with Gasteiger partial charge in [-0.2, -0.15) is 0 Å². The number of carboxylic acids is 1. The quantitative estimate of drug-likeness (QED) is 0.402. The van der Waals surface area contributed by atoms with Crippen molar-refractivity contribution in [3.63, 3.8) is 0 Å². The molecule has 0 unspecified atom stereocenters. The standard InChI is InChI=1S/C30H48O5/c1-18-9-14-30(24(33)34)16-15-27(4)19(23(30)29(18,6)35)7-8-21-25(2)12-11-22(32)26(3,17-31)20(25)10-13-28(21,27)5/h7,18,20-23,31-32,35H,8-17H2,1-6H3,(H,33,34)/t18-,20-,21+,22+,23-,25+,26+,27-,28+,29+,30+/m1/s1. The molecule has 5 rings (SSSR count). The van der Waals surface area contributed by atoms with Crippen LogP contribution < -0.4 is 0 Å². The second-order valence-electron chi connectivity index (χ2n) is 14.6. The summed E-state index contributed by atoms with van der Waals surface area (Å²) in [6, 6.07) is 0. The summed E-state index contributed by atoms with van der Waals surface area (Å²) in [4.78, 5) is 12.8. The number of fused-ring (bicyclic) bond motifs is 7. The smallest absolute Gasteiger partial charge is 0.310 e. The van der Waals surface area contributed by atoms with Crippen molar-refractivity contribution in [1.82, 2.24) is 0 Å². The highest BCUT2D eigenvalue weighted by Gasteiger charge is 2.71. The summed E-state index contributed by atoms with van der Waals surface area (Å²) in [5.41, 5.74) is -1.35. The predicted molar refractivity (Wildman–Crippen MR) is 135 cm³/mol. The summed E-state index contributed by atoms with van der Waals surface area (Å²) < 4.78 is 0. The van der Waals surface area contributed by atoms with Crippen LogP contribution in [-0.2, 0) is 4.79 Å². The highest BCUT2D eigenvalue weighted by molar-refractivity contribution is 5.77. The molecule has 5 nitrogen and oxygen atoms in total. The molecule has 198 valence electrons. The number of carbonyl (C=O) groups is 1. The van der Waals surface area contributed by atoms with E-state index in [9.17, 15) is 25.2 Å². The third-order valence-electron chi connectivity index (χ3n) is 13.6. The molecule has 0 saturated heterocycles. The molecule has 4 saturated carbocycles. The Morgan fingerprint density at radius 3 is 2.29 bits per heavy atom. The molecule has 0 bridgehead atoms. The van der Waals surface area contributed by atoms with Gasteiger partial charge in [0.2, 0.25) is 0 Å². The van der Waals surface area contributed by atoms with Gasteiger partial charge in [-0.3, -0.25) is 4.79 Å². The van der Waals surface area contributed by atoms with E-state index in [1.54, 1.807) is 0 Å². The number of aliphatic hydroxyl groups excluding tert-OH is 2. The maximum atomic E-state index is 12.8. The third kappa shape index (κ3) is 2.90. The molecular weight excluding hydrogens is 440 g/mol. The SMILES string of the molecule is C[C@@H]1CC[C@]2(C(=O)O)CC[C@]3(C)C(=CC[C@H]4[C@@]5(C)CC[C@H](O)[C@@](C)(CO)[C@@H]5CC[C@@]43C)[C@@H]2[C@@]1(C)O. The van der Waals surface area contributed by atoms with Crippen LogP contribution in [0.15, 0.2) is 11.6 Å². The molecule has 5 heteroatoms. The van der Waals surface area contributed by atoms with E-state index in [4.69, 9.17) is 0 Å². The van der Waals surface area contributed by atoms with Crippen molar-refractivity contribution in [2.45, 2.75) is 111 Å². The first-order valence-electron chi connectivity index (χ1n) is 14.1. The van der Waals surface area contributed by atoms with Crippen molar-refractivity contribution in [3.8, 4) is 0 Å². The molecule has 0 amide bonds. The number of aliphatic carboxylic acids is 1. The maximum Gasteiger partial charge on any atom is 0.310 e. The Kier molecular flexibility index (Phi) is 5.56. The average Bonchev–Trinajstić information content (AvgIpc) is 2.79. The Labute approximate surface area is 211 Å². The van der Waals surface area contributed by atoms with Gasteiger partial charge in [-0.15, -0.1) is 0 Å². The minimum Gasteiger partial charge on any atom is -0.481 e. The molecule has 5 aliphatic carbocycles. The second kappa shape index (κ2) is 7.57. The summed E-state index contributed by atoms with van der Waals surface area (Å²) in [5.74, 6) is -0.356. The molecule has 0 heterocycles. The number of rotatable bonds is 2. The normalized spacial score (nSPS) is 57.7. The zero-order valence-electron chi connectivity index (χ0n) is 22.7. The minimum absolute atomic E-state index is 0.0115. The molecule has 0 aromatic carbocycles. The van der Waals surface area contributed by atoms with Gasteiger partial charge in [-0.25, -0.2) is 0 Å². The van der Waals surface area contributed by atoms with E-state index in [2.05, 4.69) is 40.7 Å². The van der Waals surface area contributed by atoms with Gasteiger partial charge in [-0.05, 0) is 98.7 Å². The van der Waals surface area contributed by atoms with Gasteiger partial charge in [0.1, 0.15) is 0 Å². The van der Waals surface area contributed by atoms with Crippen molar-refractivity contribution < 1.29 is 25.2 Å². The van der Waals surface area contributed by atoms with Crippen molar-refractivity contribution >= 4 is 5.97 Å². The number of hydrogen-bond acceptors (Lipinski definition) is 4. The van der Waals surface area contributed by atoms with Gasteiger partial charge >= 0.3 is 5.97 Å². The Morgan fingerprint density at radius 1 is 0.971 bits per heavy atom. The van der Waals surface area contributed by atoms with Gasteiger partial charge in [0.25, 0.3) is 0 Å². The molecule has 11 atom stereocenters. The zero-order valence-corrected chi connectivity index (χ0v) is 22.7. The van der Waals surface area contributed by atoms with E-state index in [1.165, 1.54) is 5.57 Å². The predicted octanol–water partition coefficient (Wildman–Crippen LogP) is 5.18. The number of hydrogen-bond donors (Lipinski definition) is 4. The van der Waals surface area contributed by atoms with Crippen LogP contribution in [0.2, 0.25) is 0 Å². The number of allylic oxidation sites excluding steroid dienone is 1. The monoisotopic (exact) mass is 488 g/mol. The first-order valence-corrected chi connectivity index (χ1v) is 14.1. The lowest BCUT2D eigenvalue weighted by molar-refractivity contribution is -0.225. The molecule has 0 aromatic heterocycles. The van der Waals surface area contributed by atoms with Gasteiger partial charge < -0.3 is 20.4 Å². The summed E-state index contributed by atoms with van der Waals surface area (Å²) in [5, 5.41) is 43.8. The van der Waals surface area contributed by atoms with Crippen LogP contribution in [0.1, 0.15) is 99.3 Å². The van der Waals surface area contributed by atoms with Crippen LogP contribution in [0, 0.1) is 50.7 Å². The van der Waals surface area contributed by atoms with E-state index < -0.39 is 28.5 Å². The van der Waals surface area contributed by atoms with Gasteiger partial charge in [0, 0.05) is 11.3 Å². The highest BCUT2D eigenvalue weighted by Crippen LogP contribution is 2.76. The minimum atomic E-state index is -1.04. The summed E-state index contributed by atoms with van der Waals surface area (Å²) in [7, 11) is 0. The largest absolute Gasteiger partial charge is 0.481 e. The summed E-state index contributed by atoms with van der Waals surface area (Å²) in [6.45, 7) is 13.3. The third-order valence-corrected chi connectivity index (χ3v) is 13.6. The lowest BCUT2D eigenvalue weighted by Crippen LogP contribution is -2.68.